The number of carbonyl (C=O) groups is 2. The Bertz CT molecular complexity index is 708. The number of piperidine rings is 1. The molecule has 1 aromatic heterocycles. The highest BCUT2D eigenvalue weighted by Crippen LogP contribution is 2.26. The normalized spacial score (nSPS) is 19.5. The maximum absolute atomic E-state index is 12.7. The maximum Gasteiger partial charge on any atom is 0.409 e. The number of piperazine rings is 1. The Kier molecular flexibility index (Phi) is 8.10. The van der Waals surface area contributed by atoms with Crippen molar-refractivity contribution in [3.05, 3.63) is 12.4 Å². The Balaban J connectivity index is 1.44. The van der Waals surface area contributed by atoms with Gasteiger partial charge in [-0.25, -0.2) is 14.8 Å². The van der Waals surface area contributed by atoms with Gasteiger partial charge in [0.05, 0.1) is 6.61 Å². The first kappa shape index (κ1) is 22.1. The summed E-state index contributed by atoms with van der Waals surface area (Å²) in [7, 11) is 0. The monoisotopic (exact) mass is 418 g/mol. The van der Waals surface area contributed by atoms with Crippen molar-refractivity contribution in [2.24, 2.45) is 5.92 Å². The zero-order valence-corrected chi connectivity index (χ0v) is 18.2. The van der Waals surface area contributed by atoms with E-state index in [1.54, 1.807) is 18.2 Å². The van der Waals surface area contributed by atoms with Crippen molar-refractivity contribution in [3.63, 3.8) is 0 Å². The Hall–Kier alpha value is -2.58. The zero-order chi connectivity index (χ0) is 21.3. The summed E-state index contributed by atoms with van der Waals surface area (Å²) in [5.74, 6) is 2.47. The minimum absolute atomic E-state index is 0.187. The predicted octanol–water partition coefficient (Wildman–Crippen LogP) is 2.21. The molecular formula is C21H34N6O3. The van der Waals surface area contributed by atoms with Crippen molar-refractivity contribution in [1.29, 1.82) is 0 Å². The summed E-state index contributed by atoms with van der Waals surface area (Å²) in [6.45, 7) is 9.23. The lowest BCUT2D eigenvalue weighted by Gasteiger charge is -2.35. The summed E-state index contributed by atoms with van der Waals surface area (Å²) in [6.07, 6.45) is 5.02. The van der Waals surface area contributed by atoms with Crippen molar-refractivity contribution >= 4 is 23.6 Å². The molecule has 1 atom stereocenters. The molecule has 2 aliphatic rings. The quantitative estimate of drug-likeness (QED) is 0.726. The molecule has 0 saturated carbocycles. The van der Waals surface area contributed by atoms with Crippen molar-refractivity contribution in [2.45, 2.75) is 39.5 Å². The van der Waals surface area contributed by atoms with E-state index in [9.17, 15) is 9.59 Å². The molecule has 2 saturated heterocycles. The smallest absolute Gasteiger partial charge is 0.409 e. The van der Waals surface area contributed by atoms with E-state index in [0.29, 0.717) is 45.1 Å². The molecule has 0 unspecified atom stereocenters. The van der Waals surface area contributed by atoms with E-state index in [4.69, 9.17) is 4.74 Å². The standard InChI is InChI=1S/C21H34N6O3/c1-3-22-18-14-19(24-16-23-18)27-9-5-6-17(15-27)7-8-20(28)25-10-12-26(13-11-25)21(29)30-4-2/h14,16-17H,3-13,15H2,1-2H3,(H,22,23,24)/t17-/m1/s1. The highest BCUT2D eigenvalue weighted by molar-refractivity contribution is 5.76. The van der Waals surface area contributed by atoms with Gasteiger partial charge in [-0.05, 0) is 39.0 Å². The Labute approximate surface area is 178 Å². The third-order valence-corrected chi connectivity index (χ3v) is 5.78. The summed E-state index contributed by atoms with van der Waals surface area (Å²) >= 11 is 0. The lowest BCUT2D eigenvalue weighted by Crippen LogP contribution is -2.50. The fourth-order valence-corrected chi connectivity index (χ4v) is 4.15. The van der Waals surface area contributed by atoms with Crippen LogP contribution in [-0.2, 0) is 9.53 Å². The van der Waals surface area contributed by atoms with Gasteiger partial charge in [0.25, 0.3) is 0 Å². The molecule has 0 aliphatic carbocycles. The van der Waals surface area contributed by atoms with Crippen LogP contribution in [0, 0.1) is 5.92 Å². The topological polar surface area (TPSA) is 90.9 Å². The number of hydrogen-bond acceptors (Lipinski definition) is 7. The van der Waals surface area contributed by atoms with Crippen LogP contribution in [0.25, 0.3) is 0 Å². The van der Waals surface area contributed by atoms with E-state index in [1.165, 1.54) is 0 Å². The lowest BCUT2D eigenvalue weighted by atomic mass is 9.93. The van der Waals surface area contributed by atoms with Gasteiger partial charge in [-0.3, -0.25) is 4.79 Å². The summed E-state index contributed by atoms with van der Waals surface area (Å²) in [5, 5.41) is 3.23. The van der Waals surface area contributed by atoms with E-state index in [1.807, 2.05) is 17.9 Å². The van der Waals surface area contributed by atoms with Gasteiger partial charge in [0.15, 0.2) is 0 Å². The van der Waals surface area contributed by atoms with Crippen LogP contribution in [-0.4, -0.2) is 84.2 Å². The van der Waals surface area contributed by atoms with Crippen molar-refractivity contribution in [1.82, 2.24) is 19.8 Å². The van der Waals surface area contributed by atoms with Gasteiger partial charge in [0.1, 0.15) is 18.0 Å². The molecule has 0 radical (unpaired) electrons. The van der Waals surface area contributed by atoms with Crippen LogP contribution in [0.1, 0.15) is 39.5 Å². The Morgan fingerprint density at radius 1 is 1.13 bits per heavy atom. The second kappa shape index (κ2) is 11.0. The number of amides is 2. The number of aromatic nitrogens is 2. The minimum Gasteiger partial charge on any atom is -0.450 e. The van der Waals surface area contributed by atoms with Crippen molar-refractivity contribution < 1.29 is 14.3 Å². The highest BCUT2D eigenvalue weighted by Gasteiger charge is 2.26. The number of nitrogens with one attached hydrogen (secondary N) is 1. The van der Waals surface area contributed by atoms with Crippen LogP contribution in [0.2, 0.25) is 0 Å². The molecule has 1 N–H and O–H groups in total. The minimum atomic E-state index is -0.283. The predicted molar refractivity (Wildman–Crippen MR) is 116 cm³/mol. The van der Waals surface area contributed by atoms with E-state index in [0.717, 1.165) is 50.5 Å². The summed E-state index contributed by atoms with van der Waals surface area (Å²) in [5.41, 5.74) is 0. The molecule has 3 heterocycles. The fourth-order valence-electron chi connectivity index (χ4n) is 4.15. The molecule has 166 valence electrons. The summed E-state index contributed by atoms with van der Waals surface area (Å²) in [6, 6.07) is 2.00. The third kappa shape index (κ3) is 5.96. The average Bonchev–Trinajstić information content (AvgIpc) is 2.78. The van der Waals surface area contributed by atoms with Gasteiger partial charge in [-0.2, -0.15) is 0 Å². The van der Waals surface area contributed by atoms with Crippen LogP contribution < -0.4 is 10.2 Å². The largest absolute Gasteiger partial charge is 0.450 e. The molecule has 2 aliphatic heterocycles. The van der Waals surface area contributed by atoms with Crippen LogP contribution in [0.4, 0.5) is 16.4 Å². The lowest BCUT2D eigenvalue weighted by molar-refractivity contribution is -0.133. The molecule has 0 aromatic carbocycles. The van der Waals surface area contributed by atoms with Gasteiger partial charge >= 0.3 is 6.09 Å². The number of carbonyl (C=O) groups excluding carboxylic acids is 2. The summed E-state index contributed by atoms with van der Waals surface area (Å²) in [4.78, 5) is 39.0. The number of ether oxygens (including phenoxy) is 1. The fraction of sp³-hybridized carbons (Fsp3) is 0.714. The molecule has 3 rings (SSSR count). The number of anilines is 2. The first-order valence-corrected chi connectivity index (χ1v) is 11.1. The Morgan fingerprint density at radius 2 is 1.90 bits per heavy atom. The van der Waals surface area contributed by atoms with Crippen LogP contribution >= 0.6 is 0 Å². The number of rotatable bonds is 7. The molecule has 1 aromatic rings. The van der Waals surface area contributed by atoms with E-state index in [2.05, 4.69) is 20.2 Å². The van der Waals surface area contributed by atoms with E-state index < -0.39 is 0 Å². The van der Waals surface area contributed by atoms with Crippen LogP contribution in [0.5, 0.6) is 0 Å². The van der Waals surface area contributed by atoms with Crippen molar-refractivity contribution in [2.75, 3.05) is 62.6 Å². The van der Waals surface area contributed by atoms with E-state index in [-0.39, 0.29) is 12.0 Å². The van der Waals surface area contributed by atoms with E-state index >= 15 is 0 Å². The molecular weight excluding hydrogens is 384 g/mol. The SMILES string of the molecule is CCNc1cc(N2CCC[C@H](CCC(=O)N3CCN(C(=O)OCC)CC3)C2)ncn1. The first-order valence-electron chi connectivity index (χ1n) is 11.1. The third-order valence-electron chi connectivity index (χ3n) is 5.78. The van der Waals surface area contributed by atoms with Crippen LogP contribution in [0.15, 0.2) is 12.4 Å². The molecule has 30 heavy (non-hydrogen) atoms. The zero-order valence-electron chi connectivity index (χ0n) is 18.2. The number of nitrogens with zero attached hydrogens (tertiary/aromatic N) is 5. The highest BCUT2D eigenvalue weighted by atomic mass is 16.6. The van der Waals surface area contributed by atoms with Gasteiger partial charge in [-0.1, -0.05) is 0 Å². The summed E-state index contributed by atoms with van der Waals surface area (Å²) < 4.78 is 5.04. The molecule has 2 fully saturated rings. The van der Waals surface area contributed by atoms with Gasteiger partial charge < -0.3 is 24.8 Å². The molecule has 0 bridgehead atoms. The first-order chi connectivity index (χ1) is 14.6. The van der Waals surface area contributed by atoms with Gasteiger partial charge in [-0.15, -0.1) is 0 Å². The van der Waals surface area contributed by atoms with Gasteiger partial charge in [0.2, 0.25) is 5.91 Å². The van der Waals surface area contributed by atoms with Crippen LogP contribution in [0.3, 0.4) is 0 Å². The van der Waals surface area contributed by atoms with Crippen molar-refractivity contribution in [3.8, 4) is 0 Å². The molecule has 2 amide bonds. The second-order valence-corrected chi connectivity index (χ2v) is 7.85. The van der Waals surface area contributed by atoms with Gasteiger partial charge in [0, 0.05) is 58.3 Å². The second-order valence-electron chi connectivity index (χ2n) is 7.85. The average molecular weight is 419 g/mol. The number of hydrogen-bond donors (Lipinski definition) is 1. The molecule has 9 nitrogen and oxygen atoms in total. The molecule has 0 spiro atoms. The maximum atomic E-state index is 12.7. The molecule has 9 heteroatoms. The Morgan fingerprint density at radius 3 is 2.63 bits per heavy atom.